The largest absolute Gasteiger partial charge is 0.337 e. The van der Waals surface area contributed by atoms with Gasteiger partial charge in [0.15, 0.2) is 5.13 Å². The Kier molecular flexibility index (Phi) is 4.88. The molecule has 1 aliphatic rings. The normalized spacial score (nSPS) is 13.5. The zero-order chi connectivity index (χ0) is 16.2. The Morgan fingerprint density at radius 3 is 3.00 bits per heavy atom. The number of aromatic nitrogens is 2. The molecule has 8 heteroatoms. The minimum absolute atomic E-state index is 0.0538. The number of carbonyl (C=O) groups excluding carboxylic acids is 2. The highest BCUT2D eigenvalue weighted by atomic mass is 35.5. The lowest BCUT2D eigenvalue weighted by atomic mass is 10.1. The highest BCUT2D eigenvalue weighted by Gasteiger charge is 2.24. The minimum atomic E-state index is -0.285. The molecule has 23 heavy (non-hydrogen) atoms. The smallest absolute Gasteiger partial charge is 0.276 e. The second kappa shape index (κ2) is 7.06. The third-order valence-corrected chi connectivity index (χ3v) is 4.70. The van der Waals surface area contributed by atoms with E-state index in [1.54, 1.807) is 29.3 Å². The number of thiazole rings is 1. The van der Waals surface area contributed by atoms with Crippen LogP contribution >= 0.6 is 22.9 Å². The van der Waals surface area contributed by atoms with Gasteiger partial charge in [-0.05, 0) is 12.1 Å². The molecule has 0 bridgehead atoms. The maximum Gasteiger partial charge on any atom is 0.276 e. The maximum atomic E-state index is 12.1. The zero-order valence-electron chi connectivity index (χ0n) is 12.3. The fourth-order valence-electron chi connectivity index (χ4n) is 2.36. The van der Waals surface area contributed by atoms with Crippen molar-refractivity contribution >= 4 is 39.9 Å². The number of rotatable bonds is 4. The summed E-state index contributed by atoms with van der Waals surface area (Å²) in [5, 5.41) is 3.31. The highest BCUT2D eigenvalue weighted by Crippen LogP contribution is 2.28. The van der Waals surface area contributed by atoms with Crippen LogP contribution in [0.2, 0.25) is 0 Å². The van der Waals surface area contributed by atoms with Crippen molar-refractivity contribution in [3.8, 4) is 0 Å². The van der Waals surface area contributed by atoms with Crippen LogP contribution in [0.5, 0.6) is 0 Å². The van der Waals surface area contributed by atoms with E-state index in [-0.39, 0.29) is 11.8 Å². The van der Waals surface area contributed by atoms with E-state index in [1.807, 2.05) is 0 Å². The first-order chi connectivity index (χ1) is 11.2. The summed E-state index contributed by atoms with van der Waals surface area (Å²) in [6, 6.07) is 5.16. The standard InChI is InChI=1S/C15H15ClN4O2S/c16-6-4-13(21)20-8-5-10-12(9-20)23-15(18-10)19-14(22)11-3-1-2-7-17-11/h1-3,7H,4-6,8-9H2,(H,18,19,22). The number of fused-ring (bicyclic) bond motifs is 1. The molecule has 0 saturated heterocycles. The molecular formula is C15H15ClN4O2S. The Balaban J connectivity index is 1.69. The molecule has 6 nitrogen and oxygen atoms in total. The first-order valence-corrected chi connectivity index (χ1v) is 8.57. The van der Waals surface area contributed by atoms with Crippen LogP contribution in [0.3, 0.4) is 0 Å². The molecule has 3 heterocycles. The molecular weight excluding hydrogens is 336 g/mol. The summed E-state index contributed by atoms with van der Waals surface area (Å²) in [7, 11) is 0. The Hall–Kier alpha value is -1.99. The van der Waals surface area contributed by atoms with Gasteiger partial charge >= 0.3 is 0 Å². The molecule has 0 fully saturated rings. The molecule has 2 aromatic heterocycles. The number of hydrogen-bond acceptors (Lipinski definition) is 5. The number of carbonyl (C=O) groups is 2. The van der Waals surface area contributed by atoms with Gasteiger partial charge in [0.25, 0.3) is 5.91 Å². The van der Waals surface area contributed by atoms with E-state index < -0.39 is 0 Å². The Labute approximate surface area is 142 Å². The molecule has 120 valence electrons. The van der Waals surface area contributed by atoms with Crippen molar-refractivity contribution in [2.24, 2.45) is 0 Å². The molecule has 0 aliphatic carbocycles. The van der Waals surface area contributed by atoms with Crippen LogP contribution in [0.1, 0.15) is 27.5 Å². The second-order valence-corrected chi connectivity index (χ2v) is 6.52. The van der Waals surface area contributed by atoms with E-state index in [4.69, 9.17) is 11.6 Å². The molecule has 1 aliphatic heterocycles. The number of hydrogen-bond donors (Lipinski definition) is 1. The fourth-order valence-corrected chi connectivity index (χ4v) is 3.54. The summed E-state index contributed by atoms with van der Waals surface area (Å²) >= 11 is 7.02. The van der Waals surface area contributed by atoms with Crippen molar-refractivity contribution < 1.29 is 9.59 Å². The Morgan fingerprint density at radius 2 is 2.26 bits per heavy atom. The number of amides is 2. The van der Waals surface area contributed by atoms with Crippen LogP contribution in [0.25, 0.3) is 0 Å². The van der Waals surface area contributed by atoms with Crippen molar-refractivity contribution in [3.63, 3.8) is 0 Å². The van der Waals surface area contributed by atoms with E-state index in [0.29, 0.717) is 42.6 Å². The molecule has 0 aromatic carbocycles. The highest BCUT2D eigenvalue weighted by molar-refractivity contribution is 7.15. The lowest BCUT2D eigenvalue weighted by molar-refractivity contribution is -0.131. The molecule has 0 atom stereocenters. The van der Waals surface area contributed by atoms with Gasteiger partial charge in [0.1, 0.15) is 5.69 Å². The third kappa shape index (κ3) is 3.68. The SMILES string of the molecule is O=C(Nc1nc2c(s1)CN(C(=O)CCCl)CC2)c1ccccn1. The van der Waals surface area contributed by atoms with Gasteiger partial charge in [-0.2, -0.15) is 0 Å². The predicted octanol–water partition coefficient (Wildman–Crippen LogP) is 2.30. The minimum Gasteiger partial charge on any atom is -0.337 e. The molecule has 3 rings (SSSR count). The molecule has 2 aromatic rings. The quantitative estimate of drug-likeness (QED) is 0.858. The molecule has 0 unspecified atom stereocenters. The molecule has 2 amide bonds. The van der Waals surface area contributed by atoms with E-state index in [1.165, 1.54) is 11.3 Å². The average Bonchev–Trinajstić information content (AvgIpc) is 2.97. The van der Waals surface area contributed by atoms with Gasteiger partial charge in [-0.15, -0.1) is 11.6 Å². The Bertz CT molecular complexity index is 720. The summed E-state index contributed by atoms with van der Waals surface area (Å²) in [5.74, 6) is 0.0980. The number of anilines is 1. The van der Waals surface area contributed by atoms with Gasteiger partial charge in [-0.3, -0.25) is 19.9 Å². The van der Waals surface area contributed by atoms with E-state index in [2.05, 4.69) is 15.3 Å². The van der Waals surface area contributed by atoms with Crippen molar-refractivity contribution in [1.82, 2.24) is 14.9 Å². The zero-order valence-corrected chi connectivity index (χ0v) is 13.9. The van der Waals surface area contributed by atoms with Gasteiger partial charge < -0.3 is 4.90 Å². The Morgan fingerprint density at radius 1 is 1.39 bits per heavy atom. The summed E-state index contributed by atoms with van der Waals surface area (Å²) in [6.07, 6.45) is 2.61. The third-order valence-electron chi connectivity index (χ3n) is 3.51. The first-order valence-electron chi connectivity index (χ1n) is 7.22. The maximum absolute atomic E-state index is 12.1. The molecule has 1 N–H and O–H groups in total. The summed E-state index contributed by atoms with van der Waals surface area (Å²) in [5.41, 5.74) is 1.29. The van der Waals surface area contributed by atoms with Gasteiger partial charge in [-0.1, -0.05) is 17.4 Å². The van der Waals surface area contributed by atoms with Gasteiger partial charge in [0, 0.05) is 36.3 Å². The second-order valence-electron chi connectivity index (χ2n) is 5.06. The predicted molar refractivity (Wildman–Crippen MR) is 88.8 cm³/mol. The van der Waals surface area contributed by atoms with Crippen LogP contribution in [-0.4, -0.2) is 39.1 Å². The molecule has 0 saturated carbocycles. The van der Waals surface area contributed by atoms with Crippen LogP contribution in [0.4, 0.5) is 5.13 Å². The van der Waals surface area contributed by atoms with E-state index in [9.17, 15) is 9.59 Å². The number of halogens is 1. The number of nitrogens with zero attached hydrogens (tertiary/aromatic N) is 3. The molecule has 0 spiro atoms. The van der Waals surface area contributed by atoms with Gasteiger partial charge in [0.2, 0.25) is 5.91 Å². The van der Waals surface area contributed by atoms with Crippen molar-refractivity contribution in [3.05, 3.63) is 40.7 Å². The van der Waals surface area contributed by atoms with Crippen molar-refractivity contribution in [1.29, 1.82) is 0 Å². The van der Waals surface area contributed by atoms with Gasteiger partial charge in [-0.25, -0.2) is 4.98 Å². The topological polar surface area (TPSA) is 75.2 Å². The number of pyridine rings is 1. The first kappa shape index (κ1) is 15.9. The van der Waals surface area contributed by atoms with Crippen molar-refractivity contribution in [2.45, 2.75) is 19.4 Å². The van der Waals surface area contributed by atoms with Crippen LogP contribution in [0.15, 0.2) is 24.4 Å². The van der Waals surface area contributed by atoms with Crippen LogP contribution < -0.4 is 5.32 Å². The monoisotopic (exact) mass is 350 g/mol. The van der Waals surface area contributed by atoms with Crippen LogP contribution in [0, 0.1) is 0 Å². The average molecular weight is 351 g/mol. The van der Waals surface area contributed by atoms with E-state index >= 15 is 0 Å². The number of alkyl halides is 1. The summed E-state index contributed by atoms with van der Waals surface area (Å²) < 4.78 is 0. The fraction of sp³-hybridized carbons (Fsp3) is 0.333. The van der Waals surface area contributed by atoms with E-state index in [0.717, 1.165) is 10.6 Å². The van der Waals surface area contributed by atoms with Gasteiger partial charge in [0.05, 0.1) is 12.2 Å². The lowest BCUT2D eigenvalue weighted by Gasteiger charge is -2.25. The lowest BCUT2D eigenvalue weighted by Crippen LogP contribution is -2.35. The van der Waals surface area contributed by atoms with Crippen LogP contribution in [-0.2, 0) is 17.8 Å². The molecule has 0 radical (unpaired) electrons. The summed E-state index contributed by atoms with van der Waals surface area (Å²) in [4.78, 5) is 35.3. The number of nitrogens with one attached hydrogen (secondary N) is 1. The van der Waals surface area contributed by atoms with Crippen molar-refractivity contribution in [2.75, 3.05) is 17.7 Å². The summed E-state index contributed by atoms with van der Waals surface area (Å²) in [6.45, 7) is 1.17.